The molecule has 0 unspecified atom stereocenters. The van der Waals surface area contributed by atoms with Crippen LogP contribution >= 0.6 is 35.0 Å². The number of halogens is 2. The highest BCUT2D eigenvalue weighted by Gasteiger charge is 2.35. The summed E-state index contributed by atoms with van der Waals surface area (Å²) in [5.41, 5.74) is 4.14. The van der Waals surface area contributed by atoms with E-state index in [1.807, 2.05) is 6.08 Å². The Morgan fingerprint density at radius 1 is 1.10 bits per heavy atom. The Morgan fingerprint density at radius 2 is 1.83 bits per heavy atom. The van der Waals surface area contributed by atoms with Crippen LogP contribution in [0.15, 0.2) is 29.2 Å². The SMILES string of the molecule is Cc1cc(/C=C2\SC(=O)N(Cc3ccc(Cl)c(Cl)c3)C2=O)c(C)n1C1CCCC1. The average molecular weight is 449 g/mol. The molecule has 2 heterocycles. The summed E-state index contributed by atoms with van der Waals surface area (Å²) in [6.07, 6.45) is 6.80. The predicted molar refractivity (Wildman–Crippen MR) is 119 cm³/mol. The number of carbonyl (C=O) groups excluding carboxylic acids is 2. The zero-order valence-electron chi connectivity index (χ0n) is 16.4. The van der Waals surface area contributed by atoms with Crippen LogP contribution < -0.4 is 0 Å². The largest absolute Gasteiger partial charge is 0.346 e. The number of imide groups is 1. The van der Waals surface area contributed by atoms with Gasteiger partial charge in [-0.2, -0.15) is 0 Å². The summed E-state index contributed by atoms with van der Waals surface area (Å²) in [6, 6.07) is 7.79. The molecule has 1 aliphatic carbocycles. The van der Waals surface area contributed by atoms with Crippen molar-refractivity contribution in [1.82, 2.24) is 9.47 Å². The van der Waals surface area contributed by atoms with Crippen LogP contribution in [-0.2, 0) is 11.3 Å². The highest BCUT2D eigenvalue weighted by molar-refractivity contribution is 8.18. The Hall–Kier alpha value is -1.69. The van der Waals surface area contributed by atoms with Gasteiger partial charge in [0.15, 0.2) is 0 Å². The maximum atomic E-state index is 12.9. The Bertz CT molecular complexity index is 1020. The van der Waals surface area contributed by atoms with Gasteiger partial charge in [0.05, 0.1) is 21.5 Å². The van der Waals surface area contributed by atoms with Crippen molar-refractivity contribution in [3.63, 3.8) is 0 Å². The smallest absolute Gasteiger partial charge is 0.293 e. The van der Waals surface area contributed by atoms with Gasteiger partial charge in [0.2, 0.25) is 0 Å². The molecule has 4 rings (SSSR count). The van der Waals surface area contributed by atoms with E-state index in [9.17, 15) is 9.59 Å². The third-order valence-corrected chi connectivity index (χ3v) is 7.34. The van der Waals surface area contributed by atoms with Crippen LogP contribution in [-0.4, -0.2) is 20.6 Å². The van der Waals surface area contributed by atoms with E-state index in [-0.39, 0.29) is 17.7 Å². The first-order valence-corrected chi connectivity index (χ1v) is 11.3. The molecule has 0 spiro atoms. The fourth-order valence-corrected chi connectivity index (χ4v) is 5.42. The van der Waals surface area contributed by atoms with Crippen LogP contribution in [0.1, 0.15) is 54.2 Å². The van der Waals surface area contributed by atoms with Crippen LogP contribution in [0, 0.1) is 13.8 Å². The van der Waals surface area contributed by atoms with E-state index in [0.717, 1.165) is 28.6 Å². The van der Waals surface area contributed by atoms with Gasteiger partial charge in [-0.3, -0.25) is 14.5 Å². The fourth-order valence-electron chi connectivity index (χ4n) is 4.27. The standard InChI is InChI=1S/C22H22Cl2N2O2S/c1-13-9-16(14(2)26(13)17-5-3-4-6-17)11-20-21(27)25(22(28)29-20)12-15-7-8-18(23)19(24)10-15/h7-11,17H,3-6,12H2,1-2H3/b20-11-. The number of thioether (sulfide) groups is 1. The Labute approximate surface area is 184 Å². The highest BCUT2D eigenvalue weighted by Crippen LogP contribution is 2.37. The molecule has 2 aliphatic rings. The summed E-state index contributed by atoms with van der Waals surface area (Å²) < 4.78 is 2.39. The number of carbonyl (C=O) groups is 2. The highest BCUT2D eigenvalue weighted by atomic mass is 35.5. The van der Waals surface area contributed by atoms with Crippen LogP contribution in [0.4, 0.5) is 4.79 Å². The van der Waals surface area contributed by atoms with Crippen molar-refractivity contribution < 1.29 is 9.59 Å². The summed E-state index contributed by atoms with van der Waals surface area (Å²) in [5.74, 6) is -0.267. The van der Waals surface area contributed by atoms with Crippen molar-refractivity contribution in [3.8, 4) is 0 Å². The lowest BCUT2D eigenvalue weighted by atomic mass is 10.2. The third-order valence-electron chi connectivity index (χ3n) is 5.70. The minimum absolute atomic E-state index is 0.181. The summed E-state index contributed by atoms with van der Waals surface area (Å²) in [4.78, 5) is 27.1. The first-order chi connectivity index (χ1) is 13.8. The number of hydrogen-bond donors (Lipinski definition) is 0. The number of amides is 2. The molecule has 1 saturated heterocycles. The maximum absolute atomic E-state index is 12.9. The molecule has 4 nitrogen and oxygen atoms in total. The van der Waals surface area contributed by atoms with Crippen LogP contribution in [0.5, 0.6) is 0 Å². The fraction of sp³-hybridized carbons (Fsp3) is 0.364. The van der Waals surface area contributed by atoms with Crippen molar-refractivity contribution in [1.29, 1.82) is 0 Å². The van der Waals surface area contributed by atoms with Gasteiger partial charge in [0.25, 0.3) is 11.1 Å². The molecule has 7 heteroatoms. The maximum Gasteiger partial charge on any atom is 0.293 e. The molecule has 0 atom stereocenters. The number of benzene rings is 1. The lowest BCUT2D eigenvalue weighted by Crippen LogP contribution is -2.27. The molecule has 0 N–H and O–H groups in total. The summed E-state index contributed by atoms with van der Waals surface area (Å²) in [5, 5.41) is 0.588. The van der Waals surface area contributed by atoms with Crippen molar-refractivity contribution in [2.24, 2.45) is 0 Å². The van der Waals surface area contributed by atoms with Gasteiger partial charge in [0.1, 0.15) is 0 Å². The van der Waals surface area contributed by atoms with Gasteiger partial charge < -0.3 is 4.57 Å². The molecule has 2 fully saturated rings. The zero-order chi connectivity index (χ0) is 20.7. The van der Waals surface area contributed by atoms with Crippen molar-refractivity contribution in [2.45, 2.75) is 52.1 Å². The van der Waals surface area contributed by atoms with E-state index in [1.54, 1.807) is 18.2 Å². The number of hydrogen-bond acceptors (Lipinski definition) is 3. The molecular weight excluding hydrogens is 427 g/mol. The number of rotatable bonds is 4. The van der Waals surface area contributed by atoms with E-state index in [1.165, 1.54) is 36.3 Å². The molecule has 0 radical (unpaired) electrons. The lowest BCUT2D eigenvalue weighted by Gasteiger charge is -2.17. The normalized spacial score (nSPS) is 19.2. The molecule has 0 bridgehead atoms. The quantitative estimate of drug-likeness (QED) is 0.484. The van der Waals surface area contributed by atoms with Crippen molar-refractivity contribution in [3.05, 3.63) is 61.7 Å². The Kier molecular flexibility index (Phi) is 5.83. The summed E-state index contributed by atoms with van der Waals surface area (Å²) in [6.45, 7) is 4.38. The van der Waals surface area contributed by atoms with Crippen LogP contribution in [0.2, 0.25) is 10.0 Å². The van der Waals surface area contributed by atoms with Gasteiger partial charge >= 0.3 is 0 Å². The second-order valence-electron chi connectivity index (χ2n) is 7.65. The van der Waals surface area contributed by atoms with Crippen molar-refractivity contribution in [2.75, 3.05) is 0 Å². The number of aromatic nitrogens is 1. The van der Waals surface area contributed by atoms with Gasteiger partial charge in [0, 0.05) is 17.4 Å². The molecule has 2 aromatic rings. The van der Waals surface area contributed by atoms with E-state index < -0.39 is 0 Å². The topological polar surface area (TPSA) is 42.3 Å². The molecule has 2 amide bonds. The monoisotopic (exact) mass is 448 g/mol. The second kappa shape index (κ2) is 8.21. The number of aryl methyl sites for hydroxylation is 1. The molecule has 1 aromatic heterocycles. The zero-order valence-corrected chi connectivity index (χ0v) is 18.7. The molecule has 1 aromatic carbocycles. The van der Waals surface area contributed by atoms with E-state index in [0.29, 0.717) is 21.0 Å². The molecule has 152 valence electrons. The molecule has 29 heavy (non-hydrogen) atoms. The van der Waals surface area contributed by atoms with E-state index >= 15 is 0 Å². The van der Waals surface area contributed by atoms with E-state index in [4.69, 9.17) is 23.2 Å². The first-order valence-electron chi connectivity index (χ1n) is 9.73. The number of nitrogens with zero attached hydrogens (tertiary/aromatic N) is 2. The van der Waals surface area contributed by atoms with Crippen LogP contribution in [0.25, 0.3) is 6.08 Å². The van der Waals surface area contributed by atoms with Gasteiger partial charge in [-0.1, -0.05) is 42.1 Å². The van der Waals surface area contributed by atoms with Gasteiger partial charge in [-0.25, -0.2) is 0 Å². The Morgan fingerprint density at radius 3 is 2.52 bits per heavy atom. The third kappa shape index (κ3) is 4.00. The van der Waals surface area contributed by atoms with Gasteiger partial charge in [-0.15, -0.1) is 0 Å². The minimum atomic E-state index is -0.267. The molecular formula is C22H22Cl2N2O2S. The van der Waals surface area contributed by atoms with Crippen LogP contribution in [0.3, 0.4) is 0 Å². The van der Waals surface area contributed by atoms with E-state index in [2.05, 4.69) is 24.5 Å². The van der Waals surface area contributed by atoms with Crippen molar-refractivity contribution >= 4 is 52.2 Å². The average Bonchev–Trinajstić information content (AvgIpc) is 3.35. The predicted octanol–water partition coefficient (Wildman–Crippen LogP) is 6.76. The molecule has 1 aliphatic heterocycles. The molecule has 1 saturated carbocycles. The summed E-state index contributed by atoms with van der Waals surface area (Å²) in [7, 11) is 0. The van der Waals surface area contributed by atoms with Gasteiger partial charge in [-0.05, 0) is 73.9 Å². The Balaban J connectivity index is 1.57. The minimum Gasteiger partial charge on any atom is -0.346 e. The first kappa shape index (κ1) is 20.6. The lowest BCUT2D eigenvalue weighted by molar-refractivity contribution is -0.123. The summed E-state index contributed by atoms with van der Waals surface area (Å²) >= 11 is 13.0. The second-order valence-corrected chi connectivity index (χ2v) is 9.46.